The first-order valence-corrected chi connectivity index (χ1v) is 41.7. The first-order chi connectivity index (χ1) is 55.7. The van der Waals surface area contributed by atoms with Gasteiger partial charge in [0.25, 0.3) is 0 Å². The molecule has 4 bridgehead atoms. The summed E-state index contributed by atoms with van der Waals surface area (Å²) >= 11 is 3.53. The van der Waals surface area contributed by atoms with E-state index in [1.165, 1.54) is 72.1 Å². The molecule has 1 aromatic heterocycles. The predicted octanol–water partition coefficient (Wildman–Crippen LogP) is -3.58. The summed E-state index contributed by atoms with van der Waals surface area (Å²) in [6.45, 7) is 5.19. The van der Waals surface area contributed by atoms with Gasteiger partial charge in [0.15, 0.2) is 5.96 Å². The van der Waals surface area contributed by atoms with Crippen LogP contribution in [0.4, 0.5) is 0 Å². The zero-order valence-electron chi connectivity index (χ0n) is 65.3. The Morgan fingerprint density at radius 3 is 1.74 bits per heavy atom. The number of aliphatic hydroxyl groups excluding tert-OH is 1. The molecule has 3 aromatic carbocycles. The van der Waals surface area contributed by atoms with E-state index in [9.17, 15) is 72.9 Å². The number of aromatic nitrogens is 2. The molecular weight excluding hydrogens is 1580 g/mol. The first-order valence-electron chi connectivity index (χ1n) is 38.2. The minimum atomic E-state index is -1.91. The molecule has 3 aliphatic rings. The van der Waals surface area contributed by atoms with Gasteiger partial charge in [-0.15, -0.1) is 0 Å². The van der Waals surface area contributed by atoms with Crippen LogP contribution in [-0.4, -0.2) is 247 Å². The second-order valence-electron chi connectivity index (χ2n) is 29.2. The molecular formula is C76H106N20O18S3. The fourth-order valence-electron chi connectivity index (χ4n) is 12.9. The smallest absolute Gasteiger partial charge is 0.305 e. The van der Waals surface area contributed by atoms with Crippen molar-refractivity contribution < 1.29 is 87.2 Å². The van der Waals surface area contributed by atoms with Crippen molar-refractivity contribution >= 4 is 130 Å². The predicted molar refractivity (Wildman–Crippen MR) is 434 cm³/mol. The van der Waals surface area contributed by atoms with Crippen molar-refractivity contribution in [2.75, 3.05) is 43.5 Å². The average Bonchev–Trinajstić information content (AvgIpc) is 0.822. The molecule has 117 heavy (non-hydrogen) atoms. The highest BCUT2D eigenvalue weighted by molar-refractivity contribution is 7.99. The number of H-pyrrole nitrogens is 1. The van der Waals surface area contributed by atoms with Gasteiger partial charge in [-0.3, -0.25) is 77.3 Å². The molecule has 7 rings (SSSR count). The van der Waals surface area contributed by atoms with Crippen LogP contribution in [0.15, 0.2) is 85.3 Å². The Balaban J connectivity index is 1.34. The van der Waals surface area contributed by atoms with Crippen LogP contribution in [0.5, 0.6) is 5.75 Å². The number of carbonyl (C=O) groups is 15. The Morgan fingerprint density at radius 1 is 0.607 bits per heavy atom. The minimum Gasteiger partial charge on any atom is -0.508 e. The van der Waals surface area contributed by atoms with Gasteiger partial charge in [-0.2, -0.15) is 35.3 Å². The van der Waals surface area contributed by atoms with Gasteiger partial charge in [0.05, 0.1) is 25.4 Å². The zero-order valence-corrected chi connectivity index (χ0v) is 67.8. The lowest BCUT2D eigenvalue weighted by Gasteiger charge is -2.42. The van der Waals surface area contributed by atoms with Crippen molar-refractivity contribution in [1.29, 1.82) is 5.41 Å². The number of nitrogens with one attached hydrogen (secondary N) is 15. The number of benzene rings is 3. The molecule has 636 valence electrons. The number of hydrogen-bond donors (Lipinski definition) is 21. The first kappa shape index (κ1) is 93.1. The number of phenols is 1. The quantitative estimate of drug-likeness (QED) is 0.0218. The van der Waals surface area contributed by atoms with Gasteiger partial charge < -0.3 is 112 Å². The molecule has 41 heteroatoms. The van der Waals surface area contributed by atoms with E-state index in [1.807, 2.05) is 18.2 Å². The number of aliphatic carboxylic acids is 1. The van der Waals surface area contributed by atoms with Gasteiger partial charge in [0, 0.05) is 105 Å². The molecule has 38 nitrogen and oxygen atoms in total. The van der Waals surface area contributed by atoms with Gasteiger partial charge >= 0.3 is 5.97 Å². The van der Waals surface area contributed by atoms with Crippen LogP contribution in [0, 0.1) is 11.3 Å². The lowest BCUT2D eigenvalue weighted by atomic mass is 9.96. The number of carboxylic acid groups (broad SMARTS) is 1. The Bertz CT molecular complexity index is 4150. The van der Waals surface area contributed by atoms with Crippen LogP contribution in [0.2, 0.25) is 0 Å². The van der Waals surface area contributed by atoms with Gasteiger partial charge in [0.2, 0.25) is 82.7 Å². The molecule has 4 aromatic rings. The van der Waals surface area contributed by atoms with Crippen molar-refractivity contribution in [2.45, 2.75) is 194 Å². The summed E-state index contributed by atoms with van der Waals surface area (Å²) in [5, 5.41) is 73.8. The summed E-state index contributed by atoms with van der Waals surface area (Å²) in [6.07, 6.45) is 0.605. The van der Waals surface area contributed by atoms with Crippen LogP contribution in [-0.2, 0) is 108 Å². The van der Waals surface area contributed by atoms with Crippen LogP contribution < -0.4 is 86.3 Å². The standard InChI is InChI=1S/C76H106N20O18S3/c1-40(2)22-53-68(107)94-58(64(78)103)36-115-33-45-23-46-25-47(24-45)35-117-38-60(72(111)85-41(3)30-83-52(28-48-31-81-39-84-48)67(106)88-51(17-18-62(77)100)66(105)90-55(29-63(101)102)70(109)89-53)95-65(104)50(12-8-9-20-82-76(79)80)87-69(108)54(26-44-13-15-49(99)16-14-44)91-74(113)61-19-21-96(61)75(114)56(27-43-10-6-5-7-11-43)92-71(110)57(32-97)93-73(112)59(37-116-34-46)86-42(4)98/h5-7,10-11,13-16,23-25,31,39-41,50-61,83,97,99H,8-9,12,17-22,26-30,32-38H2,1-4H3,(H2,77,100)(H2,78,103)(H,81,84)(H,85,111)(H,86,98)(H,87,108)(H,88,106)(H,89,109)(H,90,105)(H,91,113)(H,92,110)(H,93,112)(H,94,107)(H,95,104)(H,101,102)(H4,79,80,82)/t41-,50-,51-,52-,53-,54-,55-,56-,57-,58-,59-,60-,61-/m0/s1. The highest BCUT2D eigenvalue weighted by Crippen LogP contribution is 2.26. The van der Waals surface area contributed by atoms with Crippen molar-refractivity contribution in [3.8, 4) is 5.75 Å². The van der Waals surface area contributed by atoms with E-state index in [0.717, 1.165) is 11.8 Å². The number of aromatic hydroxyl groups is 1. The maximum atomic E-state index is 15.3. The van der Waals surface area contributed by atoms with Gasteiger partial charge in [0.1, 0.15) is 72.2 Å². The minimum absolute atomic E-state index is 0.00419. The Morgan fingerprint density at radius 2 is 1.15 bits per heavy atom. The lowest BCUT2D eigenvalue weighted by molar-refractivity contribution is -0.150. The van der Waals surface area contributed by atoms with E-state index in [4.69, 9.17) is 22.6 Å². The summed E-state index contributed by atoms with van der Waals surface area (Å²) in [7, 11) is 0. The summed E-state index contributed by atoms with van der Waals surface area (Å²) in [4.78, 5) is 221. The molecule has 1 saturated heterocycles. The number of rotatable bonds is 21. The van der Waals surface area contributed by atoms with Crippen LogP contribution in [0.25, 0.3) is 0 Å². The number of amides is 14. The summed E-state index contributed by atoms with van der Waals surface area (Å²) in [5.41, 5.74) is 20.4. The Hall–Kier alpha value is -11.0. The average molecular weight is 1680 g/mol. The number of carboxylic acids is 1. The highest BCUT2D eigenvalue weighted by atomic mass is 32.2. The molecule has 0 aliphatic carbocycles. The summed E-state index contributed by atoms with van der Waals surface area (Å²) in [5.74, 6) is -15.0. The Labute approximate surface area is 688 Å². The molecule has 0 saturated carbocycles. The third kappa shape index (κ3) is 31.2. The van der Waals surface area contributed by atoms with E-state index in [0.29, 0.717) is 39.9 Å². The number of hydrogen-bond acceptors (Lipinski definition) is 23. The van der Waals surface area contributed by atoms with Crippen LogP contribution >= 0.6 is 35.3 Å². The van der Waals surface area contributed by atoms with Crippen molar-refractivity contribution in [1.82, 2.24) is 84.0 Å². The number of phenolic OH excluding ortho intramolecular Hbond substituents is 1. The monoisotopic (exact) mass is 1680 g/mol. The Kier molecular flexibility index (Phi) is 37.1. The van der Waals surface area contributed by atoms with Crippen molar-refractivity contribution in [3.63, 3.8) is 0 Å². The molecule has 24 N–H and O–H groups in total. The number of primary amides is 2. The molecule has 0 spiro atoms. The number of nitrogens with zero attached hydrogens (tertiary/aromatic N) is 2. The number of nitrogens with two attached hydrogens (primary N) is 3. The number of guanidine groups is 1. The molecule has 13 atom stereocenters. The van der Waals surface area contributed by atoms with E-state index < -0.39 is 193 Å². The van der Waals surface area contributed by atoms with E-state index >= 15 is 14.4 Å². The lowest BCUT2D eigenvalue weighted by Crippen LogP contribution is -2.65. The van der Waals surface area contributed by atoms with Crippen molar-refractivity contribution in [3.05, 3.63) is 119 Å². The molecule has 0 radical (unpaired) electrons. The fourth-order valence-corrected chi connectivity index (χ4v) is 15.9. The number of thioether (sulfide) groups is 3. The van der Waals surface area contributed by atoms with E-state index in [2.05, 4.69) is 79.1 Å². The maximum absolute atomic E-state index is 15.3. The second-order valence-corrected chi connectivity index (χ2v) is 32.3. The number of unbranched alkanes of at least 4 members (excludes halogenated alkanes) is 1. The number of aliphatic hydroxyl groups is 1. The summed E-state index contributed by atoms with van der Waals surface area (Å²) in [6, 6.07) is 0.957. The van der Waals surface area contributed by atoms with Gasteiger partial charge in [-0.05, 0) is 91.3 Å². The number of carbonyl (C=O) groups excluding carboxylic acids is 14. The van der Waals surface area contributed by atoms with E-state index in [-0.39, 0.29) is 117 Å². The third-order valence-electron chi connectivity index (χ3n) is 19.0. The number of imidazole rings is 1. The molecule has 1 fully saturated rings. The van der Waals surface area contributed by atoms with E-state index in [1.54, 1.807) is 51.1 Å². The fraction of sp³-hybridized carbons (Fsp3) is 0.513. The zero-order chi connectivity index (χ0) is 85.4. The number of fused-ring (bicyclic) bond motifs is 6. The molecule has 0 unspecified atom stereocenters. The van der Waals surface area contributed by atoms with Crippen molar-refractivity contribution in [2.24, 2.45) is 23.1 Å². The van der Waals surface area contributed by atoms with Gasteiger partial charge in [-0.25, -0.2) is 4.98 Å². The third-order valence-corrected chi connectivity index (χ3v) is 22.3. The summed E-state index contributed by atoms with van der Waals surface area (Å²) < 4.78 is 0. The second kappa shape index (κ2) is 46.6. The normalized spacial score (nSPS) is 24.8. The SMILES string of the molecule is CC(=O)N[C@H]1CSCc2cc3cc(c2)CSC[C@H](NC(=O)[C@H](CCCCNC(=N)N)NC(=O)[C@H](Cc2ccc(O)cc2)NC(=O)[C@@H]2CCN2C(=O)[C@H](Cc2ccccc2)NC(=O)[C@H](CO)NC1=O)C(=O)N[C@@H](C)CN[C@@H](Cc1cnc[nH]1)C(=O)N[C@@H](CCC(N)=O)C(=O)N[C@@H](CC(=O)O)C(=O)N[C@@H](CC(C)C)C(=O)N[C@H](C(N)=O)CSC3. The topological polar surface area (TPSA) is 607 Å². The van der Waals surface area contributed by atoms with Gasteiger partial charge in [-0.1, -0.05) is 74.5 Å². The largest absolute Gasteiger partial charge is 0.508 e. The number of aromatic amines is 1. The van der Waals surface area contributed by atoms with Crippen LogP contribution in [0.3, 0.4) is 0 Å². The highest BCUT2D eigenvalue weighted by Gasteiger charge is 2.44. The molecule has 4 heterocycles. The molecule has 14 amide bonds. The molecule has 3 aliphatic heterocycles. The maximum Gasteiger partial charge on any atom is 0.305 e. The van der Waals surface area contributed by atoms with Crippen LogP contribution in [0.1, 0.15) is 113 Å².